The van der Waals surface area contributed by atoms with E-state index >= 15 is 0 Å². The zero-order valence-corrected chi connectivity index (χ0v) is 18.5. The molecule has 0 saturated carbocycles. The van der Waals surface area contributed by atoms with Crippen LogP contribution in [0, 0.1) is 12.7 Å². The number of anilines is 1. The van der Waals surface area contributed by atoms with Crippen LogP contribution in [0.5, 0.6) is 11.5 Å². The number of methoxy groups -OCH3 is 2. The summed E-state index contributed by atoms with van der Waals surface area (Å²) < 4.78 is 24.2. The molecule has 1 aliphatic heterocycles. The third-order valence-corrected chi connectivity index (χ3v) is 5.43. The Morgan fingerprint density at radius 3 is 2.21 bits per heavy atom. The van der Waals surface area contributed by atoms with Crippen LogP contribution in [0.1, 0.15) is 16.7 Å². The van der Waals surface area contributed by atoms with E-state index < -0.39 is 17.6 Å². The molecular weight excluding hydrogens is 423 g/mol. The Labute approximate surface area is 191 Å². The quantitative estimate of drug-likeness (QED) is 0.540. The summed E-state index contributed by atoms with van der Waals surface area (Å²) in [6, 6.07) is 18.2. The van der Waals surface area contributed by atoms with Crippen molar-refractivity contribution in [2.24, 2.45) is 0 Å². The van der Waals surface area contributed by atoms with E-state index in [1.165, 1.54) is 36.3 Å². The van der Waals surface area contributed by atoms with E-state index in [0.717, 1.165) is 11.1 Å². The lowest BCUT2D eigenvalue weighted by Crippen LogP contribution is -2.32. The lowest BCUT2D eigenvalue weighted by molar-refractivity contribution is -0.137. The largest absolute Gasteiger partial charge is 0.497 e. The maximum absolute atomic E-state index is 13.5. The molecule has 168 valence electrons. The van der Waals surface area contributed by atoms with E-state index in [-0.39, 0.29) is 17.8 Å². The highest BCUT2D eigenvalue weighted by molar-refractivity contribution is 6.36. The summed E-state index contributed by atoms with van der Waals surface area (Å²) in [5.41, 5.74) is 3.11. The Balaban J connectivity index is 1.75. The number of rotatable bonds is 7. The molecule has 0 saturated heterocycles. The fourth-order valence-corrected chi connectivity index (χ4v) is 3.63. The van der Waals surface area contributed by atoms with Crippen molar-refractivity contribution in [2.45, 2.75) is 13.5 Å². The van der Waals surface area contributed by atoms with Crippen molar-refractivity contribution in [2.75, 3.05) is 19.5 Å². The minimum Gasteiger partial charge on any atom is -0.497 e. The van der Waals surface area contributed by atoms with Gasteiger partial charge in [-0.05, 0) is 42.3 Å². The Bertz CT molecular complexity index is 1230. The van der Waals surface area contributed by atoms with Crippen molar-refractivity contribution in [1.82, 2.24) is 4.90 Å². The summed E-state index contributed by atoms with van der Waals surface area (Å²) in [4.78, 5) is 28.0. The maximum atomic E-state index is 13.5. The van der Waals surface area contributed by atoms with Gasteiger partial charge in [0.25, 0.3) is 11.8 Å². The van der Waals surface area contributed by atoms with E-state index in [9.17, 15) is 14.0 Å². The molecule has 0 atom stereocenters. The Morgan fingerprint density at radius 2 is 1.58 bits per heavy atom. The first-order chi connectivity index (χ1) is 15.9. The van der Waals surface area contributed by atoms with Gasteiger partial charge in [-0.25, -0.2) is 4.39 Å². The number of nitrogens with zero attached hydrogens (tertiary/aromatic N) is 1. The van der Waals surface area contributed by atoms with E-state index in [2.05, 4.69) is 5.32 Å². The first-order valence-electron chi connectivity index (χ1n) is 10.3. The molecule has 0 fully saturated rings. The number of carbonyl (C=O) groups is 2. The highest BCUT2D eigenvalue weighted by Crippen LogP contribution is 2.35. The molecule has 3 aromatic carbocycles. The van der Waals surface area contributed by atoms with E-state index in [1.807, 2.05) is 31.2 Å². The van der Waals surface area contributed by atoms with Crippen molar-refractivity contribution in [3.8, 4) is 11.5 Å². The first kappa shape index (κ1) is 22.1. The fourth-order valence-electron chi connectivity index (χ4n) is 3.63. The molecule has 0 spiro atoms. The van der Waals surface area contributed by atoms with Crippen molar-refractivity contribution in [3.63, 3.8) is 0 Å². The highest BCUT2D eigenvalue weighted by atomic mass is 19.1. The van der Waals surface area contributed by atoms with Crippen molar-refractivity contribution >= 4 is 23.1 Å². The van der Waals surface area contributed by atoms with Gasteiger partial charge >= 0.3 is 0 Å². The predicted molar refractivity (Wildman–Crippen MR) is 123 cm³/mol. The summed E-state index contributed by atoms with van der Waals surface area (Å²) in [5.74, 6) is -0.337. The SMILES string of the molecule is COc1ccc(NC2=C(c3ccc(F)cc3)C(=O)N(Cc3ccc(C)cc3)C2=O)c(OC)c1. The van der Waals surface area contributed by atoms with Crippen molar-refractivity contribution in [3.05, 3.63) is 94.9 Å². The average molecular weight is 446 g/mol. The van der Waals surface area contributed by atoms with Crippen LogP contribution in [0.4, 0.5) is 10.1 Å². The number of imide groups is 1. The molecule has 2 amide bonds. The van der Waals surface area contributed by atoms with E-state index in [1.54, 1.807) is 25.3 Å². The number of nitrogens with one attached hydrogen (secondary N) is 1. The van der Waals surface area contributed by atoms with Gasteiger partial charge in [0, 0.05) is 6.07 Å². The average Bonchev–Trinajstić information content (AvgIpc) is 3.05. The van der Waals surface area contributed by atoms with Gasteiger partial charge in [0.2, 0.25) is 0 Å². The summed E-state index contributed by atoms with van der Waals surface area (Å²) >= 11 is 0. The van der Waals surface area contributed by atoms with Gasteiger partial charge in [-0.15, -0.1) is 0 Å². The zero-order valence-electron chi connectivity index (χ0n) is 18.5. The number of benzene rings is 3. The summed E-state index contributed by atoms with van der Waals surface area (Å²) in [6.07, 6.45) is 0. The number of carbonyl (C=O) groups excluding carboxylic acids is 2. The molecule has 1 aliphatic rings. The molecule has 7 heteroatoms. The molecule has 33 heavy (non-hydrogen) atoms. The molecule has 1 heterocycles. The van der Waals surface area contributed by atoms with Crippen LogP contribution in [-0.2, 0) is 16.1 Å². The normalized spacial score (nSPS) is 13.5. The third kappa shape index (κ3) is 4.43. The second kappa shape index (κ2) is 9.16. The second-order valence-electron chi connectivity index (χ2n) is 7.63. The van der Waals surface area contributed by atoms with Gasteiger partial charge < -0.3 is 14.8 Å². The molecule has 0 aromatic heterocycles. The maximum Gasteiger partial charge on any atom is 0.278 e. The Morgan fingerprint density at radius 1 is 0.879 bits per heavy atom. The van der Waals surface area contributed by atoms with Crippen LogP contribution in [0.25, 0.3) is 5.57 Å². The first-order valence-corrected chi connectivity index (χ1v) is 10.3. The fraction of sp³-hybridized carbons (Fsp3) is 0.154. The van der Waals surface area contributed by atoms with Gasteiger partial charge in [-0.1, -0.05) is 42.0 Å². The van der Waals surface area contributed by atoms with E-state index in [4.69, 9.17) is 9.47 Å². The topological polar surface area (TPSA) is 67.9 Å². The van der Waals surface area contributed by atoms with Crippen LogP contribution < -0.4 is 14.8 Å². The molecule has 0 aliphatic carbocycles. The monoisotopic (exact) mass is 446 g/mol. The lowest BCUT2D eigenvalue weighted by atomic mass is 10.0. The zero-order chi connectivity index (χ0) is 23.5. The van der Waals surface area contributed by atoms with Crippen molar-refractivity contribution < 1.29 is 23.5 Å². The summed E-state index contributed by atoms with van der Waals surface area (Å²) in [6.45, 7) is 2.09. The number of hydrogen-bond donors (Lipinski definition) is 1. The molecule has 6 nitrogen and oxygen atoms in total. The van der Waals surface area contributed by atoms with Crippen LogP contribution >= 0.6 is 0 Å². The number of amides is 2. The second-order valence-corrected chi connectivity index (χ2v) is 7.63. The molecule has 0 unspecified atom stereocenters. The number of hydrogen-bond acceptors (Lipinski definition) is 5. The standard InChI is InChI=1S/C26H23FN2O4/c1-16-4-6-17(7-5-16)15-29-25(30)23(18-8-10-19(27)11-9-18)24(26(29)31)28-21-13-12-20(32-2)14-22(21)33-3/h4-14,28H,15H2,1-3H3. The van der Waals surface area contributed by atoms with Crippen LogP contribution in [0.3, 0.4) is 0 Å². The van der Waals surface area contributed by atoms with Crippen LogP contribution in [0.15, 0.2) is 72.4 Å². The Hall–Kier alpha value is -4.13. The van der Waals surface area contributed by atoms with Gasteiger partial charge in [-0.3, -0.25) is 14.5 Å². The van der Waals surface area contributed by atoms with Gasteiger partial charge in [0.05, 0.1) is 32.0 Å². The van der Waals surface area contributed by atoms with Gasteiger partial charge in [-0.2, -0.15) is 0 Å². The number of aryl methyl sites for hydroxylation is 1. The third-order valence-electron chi connectivity index (χ3n) is 5.43. The van der Waals surface area contributed by atoms with Crippen LogP contribution in [0.2, 0.25) is 0 Å². The van der Waals surface area contributed by atoms with E-state index in [0.29, 0.717) is 22.7 Å². The molecule has 0 radical (unpaired) electrons. The van der Waals surface area contributed by atoms with Crippen LogP contribution in [-0.4, -0.2) is 30.9 Å². The number of ether oxygens (including phenoxy) is 2. The highest BCUT2D eigenvalue weighted by Gasteiger charge is 2.39. The smallest absolute Gasteiger partial charge is 0.278 e. The molecule has 3 aromatic rings. The summed E-state index contributed by atoms with van der Waals surface area (Å²) in [7, 11) is 3.04. The molecule has 4 rings (SSSR count). The predicted octanol–water partition coefficient (Wildman–Crippen LogP) is 4.54. The van der Waals surface area contributed by atoms with Gasteiger partial charge in [0.1, 0.15) is 23.0 Å². The number of halogens is 1. The molecule has 0 bridgehead atoms. The molecule has 1 N–H and O–H groups in total. The van der Waals surface area contributed by atoms with Crippen molar-refractivity contribution in [1.29, 1.82) is 0 Å². The Kier molecular flexibility index (Phi) is 6.13. The minimum absolute atomic E-state index is 0.0992. The molecular formula is C26H23FN2O4. The lowest BCUT2D eigenvalue weighted by Gasteiger charge is -2.16. The minimum atomic E-state index is -0.474. The summed E-state index contributed by atoms with van der Waals surface area (Å²) in [5, 5.41) is 3.07. The van der Waals surface area contributed by atoms with Gasteiger partial charge in [0.15, 0.2) is 0 Å².